The summed E-state index contributed by atoms with van der Waals surface area (Å²) < 4.78 is 1.24. The van der Waals surface area contributed by atoms with Gasteiger partial charge in [0, 0.05) is 13.0 Å². The van der Waals surface area contributed by atoms with Gasteiger partial charge in [-0.15, -0.1) is 11.3 Å². The number of benzene rings is 2. The van der Waals surface area contributed by atoms with E-state index in [0.717, 1.165) is 24.9 Å². The molecule has 2 heterocycles. The smallest absolute Gasteiger partial charge is 0.275 e. The fourth-order valence-electron chi connectivity index (χ4n) is 3.89. The van der Waals surface area contributed by atoms with Crippen molar-refractivity contribution in [2.45, 2.75) is 31.7 Å². The second-order valence-electron chi connectivity index (χ2n) is 7.24. The van der Waals surface area contributed by atoms with Crippen molar-refractivity contribution in [3.63, 3.8) is 0 Å². The van der Waals surface area contributed by atoms with Gasteiger partial charge in [0.1, 0.15) is 6.04 Å². The Morgan fingerprint density at radius 1 is 1.11 bits per heavy atom. The number of likely N-dealkylation sites (tertiary alicyclic amines) is 1. The molecule has 2 N–H and O–H groups in total. The number of carbonyl (C=O) groups excluding carboxylic acids is 1. The number of fused-ring (bicyclic) bond motifs is 1. The molecule has 4 rings (SSSR count). The van der Waals surface area contributed by atoms with E-state index in [1.165, 1.54) is 33.0 Å². The third-order valence-corrected chi connectivity index (χ3v) is 6.46. The number of para-hydroxylation sites is 1. The van der Waals surface area contributed by atoms with Crippen LogP contribution in [0.5, 0.6) is 0 Å². The fourth-order valence-corrected chi connectivity index (χ4v) is 5.05. The molecule has 0 bridgehead atoms. The van der Waals surface area contributed by atoms with E-state index >= 15 is 0 Å². The third-order valence-electron chi connectivity index (χ3n) is 5.31. The second kappa shape index (κ2) is 8.63. The number of hydrogen-bond donors (Lipinski definition) is 2. The molecule has 2 aromatic carbocycles. The summed E-state index contributed by atoms with van der Waals surface area (Å²) >= 11 is 1.79. The van der Waals surface area contributed by atoms with Gasteiger partial charge < -0.3 is 10.2 Å². The molecule has 1 amide bonds. The topological polar surface area (TPSA) is 46.4 Å². The zero-order chi connectivity index (χ0) is 18.5. The van der Waals surface area contributed by atoms with Gasteiger partial charge in [0.05, 0.1) is 16.8 Å². The SMILES string of the molecule is O=C(C[NH+]1CCCC[C@H]1c1nc2ccccc2s1)NCCc1ccccc1. The van der Waals surface area contributed by atoms with Gasteiger partial charge in [0.15, 0.2) is 11.6 Å². The van der Waals surface area contributed by atoms with Crippen molar-refractivity contribution in [1.82, 2.24) is 10.3 Å². The predicted molar refractivity (Wildman–Crippen MR) is 110 cm³/mol. The van der Waals surface area contributed by atoms with Gasteiger partial charge in [0.2, 0.25) is 0 Å². The van der Waals surface area contributed by atoms with E-state index in [2.05, 4.69) is 35.6 Å². The number of amides is 1. The van der Waals surface area contributed by atoms with Crippen molar-refractivity contribution in [2.24, 2.45) is 0 Å². The molecule has 1 unspecified atom stereocenters. The van der Waals surface area contributed by atoms with E-state index in [1.54, 1.807) is 11.3 Å². The number of thiazole rings is 1. The largest absolute Gasteiger partial charge is 0.351 e. The van der Waals surface area contributed by atoms with Crippen LogP contribution in [0.15, 0.2) is 54.6 Å². The zero-order valence-electron chi connectivity index (χ0n) is 15.5. The van der Waals surface area contributed by atoms with Crippen molar-refractivity contribution in [3.8, 4) is 0 Å². The Morgan fingerprint density at radius 3 is 2.78 bits per heavy atom. The number of rotatable bonds is 6. The number of quaternary nitrogens is 1. The van der Waals surface area contributed by atoms with Gasteiger partial charge in [-0.25, -0.2) is 4.98 Å². The number of hydrogen-bond acceptors (Lipinski definition) is 3. The van der Waals surface area contributed by atoms with Crippen molar-refractivity contribution in [1.29, 1.82) is 0 Å². The van der Waals surface area contributed by atoms with Crippen LogP contribution in [-0.2, 0) is 11.2 Å². The predicted octanol–water partition coefficient (Wildman–Crippen LogP) is 2.77. The van der Waals surface area contributed by atoms with Gasteiger partial charge in [-0.1, -0.05) is 42.5 Å². The molecule has 140 valence electrons. The highest BCUT2D eigenvalue weighted by Crippen LogP contribution is 2.28. The molecular weight excluding hydrogens is 354 g/mol. The highest BCUT2D eigenvalue weighted by Gasteiger charge is 2.31. The molecule has 0 radical (unpaired) electrons. The molecule has 0 spiro atoms. The van der Waals surface area contributed by atoms with Crippen molar-refractivity contribution in [3.05, 3.63) is 65.2 Å². The van der Waals surface area contributed by atoms with E-state index in [4.69, 9.17) is 4.98 Å². The molecule has 0 aliphatic carbocycles. The number of carbonyl (C=O) groups is 1. The molecular formula is C22H26N3OS+. The van der Waals surface area contributed by atoms with E-state index < -0.39 is 0 Å². The van der Waals surface area contributed by atoms with Crippen molar-refractivity contribution >= 4 is 27.5 Å². The first kappa shape index (κ1) is 18.1. The maximum absolute atomic E-state index is 12.5. The van der Waals surface area contributed by atoms with Gasteiger partial charge >= 0.3 is 0 Å². The van der Waals surface area contributed by atoms with Crippen molar-refractivity contribution in [2.75, 3.05) is 19.6 Å². The zero-order valence-corrected chi connectivity index (χ0v) is 16.3. The maximum atomic E-state index is 12.5. The number of nitrogens with one attached hydrogen (secondary N) is 2. The van der Waals surface area contributed by atoms with Crippen LogP contribution in [0.2, 0.25) is 0 Å². The van der Waals surface area contributed by atoms with Crippen LogP contribution in [0.25, 0.3) is 10.2 Å². The van der Waals surface area contributed by atoms with Crippen LogP contribution in [0, 0.1) is 0 Å². The van der Waals surface area contributed by atoms with Crippen LogP contribution in [0.4, 0.5) is 0 Å². The summed E-state index contributed by atoms with van der Waals surface area (Å²) in [7, 11) is 0. The van der Waals surface area contributed by atoms with Gasteiger partial charge in [-0.05, 0) is 37.0 Å². The van der Waals surface area contributed by atoms with E-state index in [1.807, 2.05) is 24.3 Å². The summed E-state index contributed by atoms with van der Waals surface area (Å²) in [5.41, 5.74) is 2.34. The van der Waals surface area contributed by atoms with Crippen molar-refractivity contribution < 1.29 is 9.69 Å². The minimum absolute atomic E-state index is 0.147. The van der Waals surface area contributed by atoms with Gasteiger partial charge in [-0.3, -0.25) is 4.79 Å². The molecule has 0 saturated carbocycles. The Hall–Kier alpha value is -2.24. The Morgan fingerprint density at radius 2 is 1.93 bits per heavy atom. The highest BCUT2D eigenvalue weighted by atomic mass is 32.1. The summed E-state index contributed by atoms with van der Waals surface area (Å²) in [6.45, 7) is 2.28. The first-order chi connectivity index (χ1) is 13.3. The molecule has 3 aromatic rings. The van der Waals surface area contributed by atoms with Gasteiger partial charge in [-0.2, -0.15) is 0 Å². The van der Waals surface area contributed by atoms with Crippen LogP contribution < -0.4 is 10.2 Å². The molecule has 1 saturated heterocycles. The second-order valence-corrected chi connectivity index (χ2v) is 8.30. The minimum atomic E-state index is 0.147. The van der Waals surface area contributed by atoms with Crippen LogP contribution >= 0.6 is 11.3 Å². The fraction of sp³-hybridized carbons (Fsp3) is 0.364. The monoisotopic (exact) mass is 380 g/mol. The lowest BCUT2D eigenvalue weighted by atomic mass is 10.0. The normalized spacial score (nSPS) is 19.9. The average molecular weight is 381 g/mol. The van der Waals surface area contributed by atoms with Crippen LogP contribution in [0.1, 0.15) is 35.9 Å². The first-order valence-electron chi connectivity index (χ1n) is 9.80. The molecule has 1 aliphatic rings. The molecule has 1 aromatic heterocycles. The number of aromatic nitrogens is 1. The summed E-state index contributed by atoms with van der Waals surface area (Å²) in [5, 5.41) is 4.28. The number of piperidine rings is 1. The lowest BCUT2D eigenvalue weighted by Gasteiger charge is -2.30. The Labute approximate surface area is 164 Å². The summed E-state index contributed by atoms with van der Waals surface area (Å²) in [4.78, 5) is 18.7. The Balaban J connectivity index is 1.36. The maximum Gasteiger partial charge on any atom is 0.275 e. The standard InChI is InChI=1S/C22H25N3OS/c26-21(23-14-13-17-8-2-1-3-9-17)16-25-15-7-6-11-19(25)22-24-18-10-4-5-12-20(18)27-22/h1-5,8-10,12,19H,6-7,11,13-16H2,(H,23,26)/p+1/t19-/m0/s1. The van der Waals surface area contributed by atoms with Gasteiger partial charge in [0.25, 0.3) is 5.91 Å². The molecule has 5 heteroatoms. The summed E-state index contributed by atoms with van der Waals surface area (Å²) in [5.74, 6) is 0.147. The molecule has 1 fully saturated rings. The van der Waals surface area contributed by atoms with E-state index in [0.29, 0.717) is 19.1 Å². The molecule has 1 aliphatic heterocycles. The third kappa shape index (κ3) is 4.54. The van der Waals surface area contributed by atoms with Crippen LogP contribution in [0.3, 0.4) is 0 Å². The molecule has 4 nitrogen and oxygen atoms in total. The summed E-state index contributed by atoms with van der Waals surface area (Å²) in [6, 6.07) is 19.0. The average Bonchev–Trinajstić information content (AvgIpc) is 3.13. The Kier molecular flexibility index (Phi) is 5.80. The van der Waals surface area contributed by atoms with E-state index in [-0.39, 0.29) is 5.91 Å². The minimum Gasteiger partial charge on any atom is -0.351 e. The van der Waals surface area contributed by atoms with E-state index in [9.17, 15) is 4.79 Å². The highest BCUT2D eigenvalue weighted by molar-refractivity contribution is 7.18. The lowest BCUT2D eigenvalue weighted by Crippen LogP contribution is -3.14. The summed E-state index contributed by atoms with van der Waals surface area (Å²) in [6.07, 6.45) is 4.41. The lowest BCUT2D eigenvalue weighted by molar-refractivity contribution is -0.929. The molecule has 2 atom stereocenters. The molecule has 27 heavy (non-hydrogen) atoms. The first-order valence-corrected chi connectivity index (χ1v) is 10.6. The number of nitrogens with zero attached hydrogens (tertiary/aromatic N) is 1. The Bertz CT molecular complexity index is 860. The quantitative estimate of drug-likeness (QED) is 0.691. The van der Waals surface area contributed by atoms with Crippen LogP contribution in [-0.4, -0.2) is 30.5 Å².